The second kappa shape index (κ2) is 6.88. The Morgan fingerprint density at radius 3 is 2.21 bits per heavy atom. The van der Waals surface area contributed by atoms with Crippen LogP contribution in [0, 0.1) is 0 Å². The minimum Gasteiger partial charge on any atom is -0.455 e. The lowest BCUT2D eigenvalue weighted by Crippen LogP contribution is -2.02. The van der Waals surface area contributed by atoms with Gasteiger partial charge in [0.15, 0.2) is 0 Å². The van der Waals surface area contributed by atoms with E-state index in [9.17, 15) is 0 Å². The average Bonchev–Trinajstić information content (AvgIpc) is 3.41. The van der Waals surface area contributed by atoms with E-state index in [-0.39, 0.29) is 0 Å². The van der Waals surface area contributed by atoms with E-state index in [0.29, 0.717) is 0 Å². The third kappa shape index (κ3) is 2.63. The summed E-state index contributed by atoms with van der Waals surface area (Å²) in [7, 11) is 6.38. The third-order valence-corrected chi connectivity index (χ3v) is 6.56. The van der Waals surface area contributed by atoms with Crippen molar-refractivity contribution >= 4 is 57.1 Å². The molecule has 7 aromatic rings. The molecule has 0 N–H and O–H groups in total. The molecular weight excluding hydrogens is 401 g/mol. The Hall–Kier alpha value is -4.24. The van der Waals surface area contributed by atoms with Crippen molar-refractivity contribution in [3.63, 3.8) is 0 Å². The Balaban J connectivity index is 1.55. The molecule has 2 heterocycles. The van der Waals surface area contributed by atoms with E-state index in [1.54, 1.807) is 0 Å². The lowest BCUT2D eigenvalue weighted by atomic mass is 9.88. The van der Waals surface area contributed by atoms with Gasteiger partial charge in [-0.1, -0.05) is 78.3 Å². The highest BCUT2D eigenvalue weighted by Gasteiger charge is 2.16. The number of hydrogen-bond donors (Lipinski definition) is 0. The zero-order valence-corrected chi connectivity index (χ0v) is 17.8. The molecular formula is C30H18BNO. The quantitative estimate of drug-likeness (QED) is 0.272. The molecule has 7 rings (SSSR count). The maximum atomic E-state index is 6.38. The van der Waals surface area contributed by atoms with Gasteiger partial charge in [-0.25, -0.2) is 0 Å². The monoisotopic (exact) mass is 419 g/mol. The third-order valence-electron chi connectivity index (χ3n) is 6.56. The van der Waals surface area contributed by atoms with Crippen molar-refractivity contribution in [2.75, 3.05) is 0 Å². The summed E-state index contributed by atoms with van der Waals surface area (Å²) in [6, 6.07) is 37.9. The molecule has 0 unspecified atom stereocenters. The van der Waals surface area contributed by atoms with Crippen molar-refractivity contribution in [3.05, 3.63) is 109 Å². The van der Waals surface area contributed by atoms with Crippen LogP contribution >= 0.6 is 0 Å². The van der Waals surface area contributed by atoms with Crippen molar-refractivity contribution in [3.8, 4) is 16.8 Å². The fourth-order valence-electron chi connectivity index (χ4n) is 5.08. The number of benzene rings is 5. The Morgan fingerprint density at radius 2 is 1.33 bits per heavy atom. The summed E-state index contributed by atoms with van der Waals surface area (Å²) in [4.78, 5) is 0. The van der Waals surface area contributed by atoms with Crippen LogP contribution in [0.5, 0.6) is 0 Å². The Kier molecular flexibility index (Phi) is 3.83. The summed E-state index contributed by atoms with van der Waals surface area (Å²) in [5.41, 5.74) is 8.13. The van der Waals surface area contributed by atoms with E-state index >= 15 is 0 Å². The maximum Gasteiger partial charge on any atom is 0.142 e. The van der Waals surface area contributed by atoms with Gasteiger partial charge in [0.2, 0.25) is 0 Å². The molecule has 0 aliphatic rings. The summed E-state index contributed by atoms with van der Waals surface area (Å²) in [6.45, 7) is 0. The smallest absolute Gasteiger partial charge is 0.142 e. The summed E-state index contributed by atoms with van der Waals surface area (Å²) >= 11 is 0. The predicted molar refractivity (Wildman–Crippen MR) is 139 cm³/mol. The van der Waals surface area contributed by atoms with Crippen LogP contribution in [0.25, 0.3) is 60.6 Å². The number of hydrogen-bond acceptors (Lipinski definition) is 1. The summed E-state index contributed by atoms with van der Waals surface area (Å²) < 4.78 is 8.64. The Morgan fingerprint density at radius 1 is 0.606 bits per heavy atom. The van der Waals surface area contributed by atoms with E-state index in [1.807, 2.05) is 24.3 Å². The topological polar surface area (TPSA) is 18.1 Å². The largest absolute Gasteiger partial charge is 0.455 e. The van der Waals surface area contributed by atoms with Crippen LogP contribution < -0.4 is 5.46 Å². The van der Waals surface area contributed by atoms with E-state index in [0.717, 1.165) is 44.2 Å². The zero-order valence-electron chi connectivity index (χ0n) is 17.8. The average molecular weight is 419 g/mol. The number of furan rings is 1. The van der Waals surface area contributed by atoms with Gasteiger partial charge in [0.25, 0.3) is 0 Å². The Bertz CT molecular complexity index is 1830. The molecule has 3 heteroatoms. The number of nitrogens with zero attached hydrogens (tertiary/aromatic N) is 1. The fraction of sp³-hybridized carbons (Fsp3) is 0. The van der Waals surface area contributed by atoms with Gasteiger partial charge in [-0.3, -0.25) is 0 Å². The normalized spacial score (nSPS) is 11.8. The summed E-state index contributed by atoms with van der Waals surface area (Å²) in [5.74, 6) is 0. The van der Waals surface area contributed by atoms with E-state index in [2.05, 4.69) is 89.5 Å². The molecule has 152 valence electrons. The summed E-state index contributed by atoms with van der Waals surface area (Å²) in [5, 5.41) is 4.48. The van der Waals surface area contributed by atoms with Crippen LogP contribution in [0.2, 0.25) is 0 Å². The Labute approximate surface area is 192 Å². The molecule has 5 aromatic carbocycles. The van der Waals surface area contributed by atoms with Gasteiger partial charge in [-0.15, -0.1) is 0 Å². The molecule has 0 amide bonds. The standard InChI is InChI=1S/C30H18BNO/c31-25-16-15-21(30-29(25)23-11-5-7-13-28(23)33-30)19-14-17-27-24(18-19)22-10-4-6-12-26(22)32(27)20-8-2-1-3-9-20/h1-18H. The number of aromatic nitrogens is 1. The molecule has 2 radical (unpaired) electrons. The number of fused-ring (bicyclic) bond motifs is 6. The zero-order chi connectivity index (χ0) is 21.9. The highest BCUT2D eigenvalue weighted by Crippen LogP contribution is 2.38. The molecule has 0 spiro atoms. The highest BCUT2D eigenvalue weighted by atomic mass is 16.3. The first-order chi connectivity index (χ1) is 16.3. The fourth-order valence-corrected chi connectivity index (χ4v) is 5.08. The van der Waals surface area contributed by atoms with Gasteiger partial charge >= 0.3 is 0 Å². The van der Waals surface area contributed by atoms with E-state index < -0.39 is 0 Å². The number of rotatable bonds is 2. The molecule has 2 nitrogen and oxygen atoms in total. The molecule has 0 saturated carbocycles. The second-order valence-corrected chi connectivity index (χ2v) is 8.42. The minimum absolute atomic E-state index is 0.737. The van der Waals surface area contributed by atoms with Gasteiger partial charge in [-0.05, 0) is 42.0 Å². The van der Waals surface area contributed by atoms with Gasteiger partial charge in [0, 0.05) is 32.8 Å². The molecule has 0 aliphatic heterocycles. The lowest BCUT2D eigenvalue weighted by Gasteiger charge is -2.09. The van der Waals surface area contributed by atoms with Gasteiger partial charge in [0.05, 0.1) is 11.0 Å². The van der Waals surface area contributed by atoms with Crippen LogP contribution in [-0.4, -0.2) is 12.4 Å². The predicted octanol–water partition coefficient (Wildman–Crippen LogP) is 7.14. The summed E-state index contributed by atoms with van der Waals surface area (Å²) in [6.07, 6.45) is 0. The van der Waals surface area contributed by atoms with Crippen molar-refractivity contribution in [1.29, 1.82) is 0 Å². The second-order valence-electron chi connectivity index (χ2n) is 8.42. The van der Waals surface area contributed by atoms with Crippen molar-refractivity contribution < 1.29 is 4.42 Å². The molecule has 0 atom stereocenters. The van der Waals surface area contributed by atoms with Crippen molar-refractivity contribution in [2.24, 2.45) is 0 Å². The van der Waals surface area contributed by atoms with Crippen LogP contribution in [0.1, 0.15) is 0 Å². The van der Waals surface area contributed by atoms with Crippen LogP contribution in [-0.2, 0) is 0 Å². The van der Waals surface area contributed by atoms with E-state index in [4.69, 9.17) is 12.3 Å². The molecule has 0 fully saturated rings. The van der Waals surface area contributed by atoms with Crippen LogP contribution in [0.15, 0.2) is 114 Å². The van der Waals surface area contributed by atoms with Gasteiger partial charge in [0.1, 0.15) is 19.0 Å². The molecule has 0 aliphatic carbocycles. The molecule has 0 saturated heterocycles. The molecule has 2 aromatic heterocycles. The SMILES string of the molecule is [B]c1ccc(-c2ccc3c(c2)c2ccccc2n3-c2ccccc2)c2oc3ccccc3c12. The maximum absolute atomic E-state index is 6.38. The van der Waals surface area contributed by atoms with Gasteiger partial charge < -0.3 is 8.98 Å². The van der Waals surface area contributed by atoms with Crippen LogP contribution in [0.4, 0.5) is 0 Å². The first-order valence-corrected chi connectivity index (χ1v) is 11.1. The molecule has 0 bridgehead atoms. The van der Waals surface area contributed by atoms with Crippen molar-refractivity contribution in [2.45, 2.75) is 0 Å². The highest BCUT2D eigenvalue weighted by molar-refractivity contribution is 6.42. The molecule has 33 heavy (non-hydrogen) atoms. The minimum atomic E-state index is 0.737. The first kappa shape index (κ1) is 18.3. The van der Waals surface area contributed by atoms with Crippen molar-refractivity contribution in [1.82, 2.24) is 4.57 Å². The first-order valence-electron chi connectivity index (χ1n) is 11.1. The lowest BCUT2D eigenvalue weighted by molar-refractivity contribution is 0.670. The van der Waals surface area contributed by atoms with E-state index in [1.165, 1.54) is 21.8 Å². The van der Waals surface area contributed by atoms with Crippen LogP contribution in [0.3, 0.4) is 0 Å². The van der Waals surface area contributed by atoms with Gasteiger partial charge in [-0.2, -0.15) is 0 Å². The number of para-hydroxylation sites is 3.